The number of ether oxygens (including phenoxy) is 1. The topological polar surface area (TPSA) is 58.6 Å². The number of rotatable bonds is 5. The minimum absolute atomic E-state index is 0.0977. The van der Waals surface area contributed by atoms with Crippen LogP contribution in [0.3, 0.4) is 0 Å². The molecule has 0 aromatic carbocycles. The molecule has 0 spiro atoms. The lowest BCUT2D eigenvalue weighted by Gasteiger charge is -2.18. The molecule has 2 rings (SSSR count). The highest BCUT2D eigenvalue weighted by Crippen LogP contribution is 2.30. The van der Waals surface area contributed by atoms with Crippen molar-refractivity contribution in [2.24, 2.45) is 11.8 Å². The van der Waals surface area contributed by atoms with Crippen molar-refractivity contribution in [3.8, 4) is 0 Å². The Morgan fingerprint density at radius 2 is 2.06 bits per heavy atom. The number of carbonyl (C=O) groups is 1. The largest absolute Gasteiger partial charge is 0.396 e. The standard InChI is InChI=1S/C13H23NO3/c15-9-11-4-1-3-10(11)8-14-13(16)7-12-5-2-6-17-12/h10-12,15H,1-9H2,(H,14,16). The van der Waals surface area contributed by atoms with Gasteiger partial charge in [0.15, 0.2) is 0 Å². The van der Waals surface area contributed by atoms with Crippen LogP contribution in [0.25, 0.3) is 0 Å². The number of nitrogens with one attached hydrogen (secondary N) is 1. The van der Waals surface area contributed by atoms with E-state index in [2.05, 4.69) is 5.32 Å². The summed E-state index contributed by atoms with van der Waals surface area (Å²) in [5, 5.41) is 12.2. The molecule has 1 aliphatic carbocycles. The van der Waals surface area contributed by atoms with Gasteiger partial charge in [0.25, 0.3) is 0 Å². The number of aliphatic hydroxyl groups is 1. The molecule has 4 heteroatoms. The van der Waals surface area contributed by atoms with E-state index in [0.717, 1.165) is 38.8 Å². The van der Waals surface area contributed by atoms with Crippen LogP contribution < -0.4 is 5.32 Å². The molecule has 3 atom stereocenters. The summed E-state index contributed by atoms with van der Waals surface area (Å²) in [5.74, 6) is 0.951. The summed E-state index contributed by atoms with van der Waals surface area (Å²) in [6.45, 7) is 1.77. The van der Waals surface area contributed by atoms with E-state index in [0.29, 0.717) is 18.3 Å². The van der Waals surface area contributed by atoms with Crippen molar-refractivity contribution in [2.45, 2.75) is 44.6 Å². The Hall–Kier alpha value is -0.610. The van der Waals surface area contributed by atoms with Crippen LogP contribution >= 0.6 is 0 Å². The first kappa shape index (κ1) is 12.8. The van der Waals surface area contributed by atoms with Gasteiger partial charge in [-0.25, -0.2) is 0 Å². The molecule has 17 heavy (non-hydrogen) atoms. The molecule has 0 aromatic heterocycles. The van der Waals surface area contributed by atoms with Gasteiger partial charge in [0.05, 0.1) is 12.5 Å². The van der Waals surface area contributed by atoms with Crippen LogP contribution in [0.5, 0.6) is 0 Å². The zero-order valence-electron chi connectivity index (χ0n) is 10.4. The third kappa shape index (κ3) is 3.68. The zero-order chi connectivity index (χ0) is 12.1. The fourth-order valence-electron chi connectivity index (χ4n) is 2.95. The second-order valence-electron chi connectivity index (χ2n) is 5.28. The van der Waals surface area contributed by atoms with Crippen LogP contribution in [0, 0.1) is 11.8 Å². The average molecular weight is 241 g/mol. The summed E-state index contributed by atoms with van der Waals surface area (Å²) in [4.78, 5) is 11.7. The van der Waals surface area contributed by atoms with Crippen molar-refractivity contribution in [1.82, 2.24) is 5.32 Å². The minimum Gasteiger partial charge on any atom is -0.396 e. The molecule has 2 N–H and O–H groups in total. The molecule has 2 fully saturated rings. The van der Waals surface area contributed by atoms with E-state index in [9.17, 15) is 9.90 Å². The maximum Gasteiger partial charge on any atom is 0.222 e. The molecule has 0 radical (unpaired) electrons. The monoisotopic (exact) mass is 241 g/mol. The highest BCUT2D eigenvalue weighted by Gasteiger charge is 2.27. The van der Waals surface area contributed by atoms with E-state index in [-0.39, 0.29) is 18.6 Å². The molecule has 0 aromatic rings. The lowest BCUT2D eigenvalue weighted by atomic mass is 9.97. The number of hydrogen-bond donors (Lipinski definition) is 2. The van der Waals surface area contributed by atoms with Crippen LogP contribution in [0.15, 0.2) is 0 Å². The molecule has 0 bridgehead atoms. The van der Waals surface area contributed by atoms with Crippen LogP contribution in [-0.4, -0.2) is 36.9 Å². The molecule has 98 valence electrons. The van der Waals surface area contributed by atoms with Gasteiger partial charge in [0.1, 0.15) is 0 Å². The highest BCUT2D eigenvalue weighted by molar-refractivity contribution is 5.76. The second-order valence-corrected chi connectivity index (χ2v) is 5.28. The first-order valence-electron chi connectivity index (χ1n) is 6.78. The van der Waals surface area contributed by atoms with Gasteiger partial charge in [-0.2, -0.15) is 0 Å². The van der Waals surface area contributed by atoms with Gasteiger partial charge in [-0.15, -0.1) is 0 Å². The normalized spacial score (nSPS) is 32.9. The molecular formula is C13H23NO3. The highest BCUT2D eigenvalue weighted by atomic mass is 16.5. The number of carbonyl (C=O) groups excluding carboxylic acids is 1. The van der Waals surface area contributed by atoms with Gasteiger partial charge in [-0.3, -0.25) is 4.79 Å². The minimum atomic E-state index is 0.0977. The molecule has 1 heterocycles. The van der Waals surface area contributed by atoms with Gasteiger partial charge in [-0.05, 0) is 37.5 Å². The second kappa shape index (κ2) is 6.36. The number of amides is 1. The van der Waals surface area contributed by atoms with Crippen molar-refractivity contribution in [3.63, 3.8) is 0 Å². The van der Waals surface area contributed by atoms with E-state index in [1.165, 1.54) is 6.42 Å². The molecule has 1 saturated heterocycles. The zero-order valence-corrected chi connectivity index (χ0v) is 10.4. The van der Waals surface area contributed by atoms with E-state index in [1.54, 1.807) is 0 Å². The Balaban J connectivity index is 1.65. The molecule has 4 nitrogen and oxygen atoms in total. The lowest BCUT2D eigenvalue weighted by Crippen LogP contribution is -2.33. The van der Waals surface area contributed by atoms with Crippen LogP contribution in [0.1, 0.15) is 38.5 Å². The van der Waals surface area contributed by atoms with Crippen molar-refractivity contribution < 1.29 is 14.6 Å². The SMILES string of the molecule is O=C(CC1CCCO1)NCC1CCCC1CO. The van der Waals surface area contributed by atoms with Crippen molar-refractivity contribution in [1.29, 1.82) is 0 Å². The molecule has 1 aliphatic heterocycles. The summed E-state index contributed by atoms with van der Waals surface area (Å²) in [6, 6.07) is 0. The fourth-order valence-corrected chi connectivity index (χ4v) is 2.95. The Bertz CT molecular complexity index is 251. The summed E-state index contributed by atoms with van der Waals surface area (Å²) in [7, 11) is 0. The van der Waals surface area contributed by atoms with Crippen LogP contribution in [-0.2, 0) is 9.53 Å². The molecule has 1 saturated carbocycles. The van der Waals surface area contributed by atoms with Crippen molar-refractivity contribution in [3.05, 3.63) is 0 Å². The van der Waals surface area contributed by atoms with E-state index < -0.39 is 0 Å². The van der Waals surface area contributed by atoms with E-state index >= 15 is 0 Å². The van der Waals surface area contributed by atoms with Crippen LogP contribution in [0.2, 0.25) is 0 Å². The Labute approximate surface area is 103 Å². The fraction of sp³-hybridized carbons (Fsp3) is 0.923. The van der Waals surface area contributed by atoms with Gasteiger partial charge in [-0.1, -0.05) is 6.42 Å². The average Bonchev–Trinajstić information content (AvgIpc) is 2.96. The maximum absolute atomic E-state index is 11.7. The Morgan fingerprint density at radius 3 is 2.76 bits per heavy atom. The predicted octanol–water partition coefficient (Wildman–Crippen LogP) is 1.08. The molecule has 2 aliphatic rings. The summed E-state index contributed by atoms with van der Waals surface area (Å²) >= 11 is 0. The summed E-state index contributed by atoms with van der Waals surface area (Å²) in [5.41, 5.74) is 0. The first-order chi connectivity index (χ1) is 8.29. The van der Waals surface area contributed by atoms with Gasteiger partial charge in [0.2, 0.25) is 5.91 Å². The summed E-state index contributed by atoms with van der Waals surface area (Å²) in [6.07, 6.45) is 6.12. The predicted molar refractivity (Wildman–Crippen MR) is 64.5 cm³/mol. The van der Waals surface area contributed by atoms with Crippen molar-refractivity contribution >= 4 is 5.91 Å². The number of hydrogen-bond acceptors (Lipinski definition) is 3. The number of aliphatic hydroxyl groups excluding tert-OH is 1. The molecule has 3 unspecified atom stereocenters. The Kier molecular flexibility index (Phi) is 4.80. The quantitative estimate of drug-likeness (QED) is 0.757. The first-order valence-corrected chi connectivity index (χ1v) is 6.78. The van der Waals surface area contributed by atoms with E-state index in [1.807, 2.05) is 0 Å². The maximum atomic E-state index is 11.7. The van der Waals surface area contributed by atoms with Gasteiger partial charge < -0.3 is 15.2 Å². The van der Waals surface area contributed by atoms with Gasteiger partial charge in [0, 0.05) is 19.8 Å². The molecular weight excluding hydrogens is 218 g/mol. The molecule has 1 amide bonds. The third-order valence-electron chi connectivity index (χ3n) is 4.05. The smallest absolute Gasteiger partial charge is 0.222 e. The van der Waals surface area contributed by atoms with Crippen LogP contribution in [0.4, 0.5) is 0 Å². The van der Waals surface area contributed by atoms with E-state index in [4.69, 9.17) is 4.74 Å². The lowest BCUT2D eigenvalue weighted by molar-refractivity contribution is -0.123. The third-order valence-corrected chi connectivity index (χ3v) is 4.05. The van der Waals surface area contributed by atoms with Gasteiger partial charge >= 0.3 is 0 Å². The van der Waals surface area contributed by atoms with Crippen molar-refractivity contribution in [2.75, 3.05) is 19.8 Å². The summed E-state index contributed by atoms with van der Waals surface area (Å²) < 4.78 is 5.44. The Morgan fingerprint density at radius 1 is 1.24 bits per heavy atom.